The Kier molecular flexibility index (Phi) is 6.34. The molecule has 1 atom stereocenters. The molecule has 36 heavy (non-hydrogen) atoms. The number of nitrogens with two attached hydrogens (primary N) is 1. The number of para-hydroxylation sites is 1. The van der Waals surface area contributed by atoms with Crippen LogP contribution in [0.3, 0.4) is 0 Å². The van der Waals surface area contributed by atoms with E-state index in [1.807, 2.05) is 28.9 Å². The van der Waals surface area contributed by atoms with Crippen molar-refractivity contribution in [3.8, 4) is 11.1 Å². The largest absolute Gasteiger partial charge is 0.416 e. The molecular weight excluding hydrogens is 469 g/mol. The molecule has 2 aromatic carbocycles. The number of benzene rings is 2. The molecule has 0 radical (unpaired) electrons. The second kappa shape index (κ2) is 9.60. The van der Waals surface area contributed by atoms with Crippen molar-refractivity contribution in [2.24, 2.45) is 0 Å². The maximum atomic E-state index is 13.4. The molecule has 3 heterocycles. The monoisotopic (exact) mass is 494 g/mol. The summed E-state index contributed by atoms with van der Waals surface area (Å²) in [5.74, 6) is -0.0480. The Bertz CT molecular complexity index is 1400. The zero-order valence-electron chi connectivity index (χ0n) is 19.4. The number of aromatic nitrogens is 4. The number of alkyl halides is 3. The van der Waals surface area contributed by atoms with E-state index in [0.29, 0.717) is 36.3 Å². The number of nitrogen functional groups attached to an aromatic ring is 1. The summed E-state index contributed by atoms with van der Waals surface area (Å²) < 4.78 is 41.9. The first-order valence-corrected chi connectivity index (χ1v) is 11.8. The van der Waals surface area contributed by atoms with Gasteiger partial charge >= 0.3 is 6.18 Å². The van der Waals surface area contributed by atoms with Gasteiger partial charge in [0.2, 0.25) is 11.9 Å². The van der Waals surface area contributed by atoms with Crippen molar-refractivity contribution in [1.29, 1.82) is 0 Å². The third-order valence-corrected chi connectivity index (χ3v) is 6.57. The number of halogens is 3. The molecule has 10 heteroatoms. The Morgan fingerprint density at radius 1 is 1.08 bits per heavy atom. The fraction of sp³-hybridized carbons (Fsp3) is 0.308. The first-order chi connectivity index (χ1) is 17.3. The Hall–Kier alpha value is -3.95. The third kappa shape index (κ3) is 4.75. The molecule has 0 aliphatic carbocycles. The van der Waals surface area contributed by atoms with E-state index in [-0.39, 0.29) is 18.3 Å². The highest BCUT2D eigenvalue weighted by Crippen LogP contribution is 2.38. The molecule has 0 unspecified atom stereocenters. The molecule has 7 nitrogen and oxygen atoms in total. The van der Waals surface area contributed by atoms with E-state index >= 15 is 0 Å². The van der Waals surface area contributed by atoms with Gasteiger partial charge < -0.3 is 10.6 Å². The predicted octanol–water partition coefficient (Wildman–Crippen LogP) is 5.24. The molecule has 1 aliphatic heterocycles. The van der Waals surface area contributed by atoms with Crippen molar-refractivity contribution < 1.29 is 18.0 Å². The number of carbonyl (C=O) groups is 1. The lowest BCUT2D eigenvalue weighted by molar-refractivity contribution is -0.137. The number of fused-ring (bicyclic) bond motifs is 1. The Balaban J connectivity index is 1.44. The zero-order chi connectivity index (χ0) is 25.3. The van der Waals surface area contributed by atoms with Crippen molar-refractivity contribution in [2.75, 3.05) is 12.3 Å². The van der Waals surface area contributed by atoms with Crippen molar-refractivity contribution in [1.82, 2.24) is 24.6 Å². The molecule has 2 N–H and O–H groups in total. The van der Waals surface area contributed by atoms with Gasteiger partial charge in [0, 0.05) is 30.1 Å². The van der Waals surface area contributed by atoms with Crippen LogP contribution < -0.4 is 5.73 Å². The van der Waals surface area contributed by atoms with Gasteiger partial charge in [0.05, 0.1) is 35.6 Å². The predicted molar refractivity (Wildman–Crippen MR) is 130 cm³/mol. The molecule has 0 spiro atoms. The topological polar surface area (TPSA) is 89.9 Å². The van der Waals surface area contributed by atoms with Gasteiger partial charge in [-0.1, -0.05) is 30.3 Å². The van der Waals surface area contributed by atoms with E-state index in [1.165, 1.54) is 12.3 Å². The fourth-order valence-electron chi connectivity index (χ4n) is 4.81. The molecule has 0 saturated carbocycles. The smallest absolute Gasteiger partial charge is 0.368 e. The molecular formula is C26H25F3N6O. The molecule has 0 bridgehead atoms. The SMILES string of the molecule is Nc1ncc(-c2cccc(C(F)(F)F)c2)c([C@@H]2CCCCN2C(=O)CCn2ncc3ccccc32)n1. The van der Waals surface area contributed by atoms with Gasteiger partial charge in [-0.05, 0) is 43.0 Å². The number of likely N-dealkylation sites (tertiary alicyclic amines) is 1. The van der Waals surface area contributed by atoms with Crippen LogP contribution in [0.25, 0.3) is 22.0 Å². The minimum absolute atomic E-state index is 0.0155. The maximum Gasteiger partial charge on any atom is 0.416 e. The van der Waals surface area contributed by atoms with Crippen LogP contribution in [-0.4, -0.2) is 37.1 Å². The van der Waals surface area contributed by atoms with Gasteiger partial charge in [-0.15, -0.1) is 0 Å². The van der Waals surface area contributed by atoms with Gasteiger partial charge in [0.25, 0.3) is 0 Å². The number of aryl methyl sites for hydroxylation is 1. The minimum atomic E-state index is -4.48. The van der Waals surface area contributed by atoms with Crippen LogP contribution in [0.1, 0.15) is 43.0 Å². The number of carbonyl (C=O) groups excluding carboxylic acids is 1. The van der Waals surface area contributed by atoms with E-state index in [1.54, 1.807) is 17.2 Å². The number of amides is 1. The number of piperidine rings is 1. The van der Waals surface area contributed by atoms with Crippen molar-refractivity contribution in [2.45, 2.75) is 44.4 Å². The normalized spacial score (nSPS) is 16.4. The Morgan fingerprint density at radius 2 is 1.92 bits per heavy atom. The molecule has 1 aliphatic rings. The number of hydrogen-bond donors (Lipinski definition) is 1. The quantitative estimate of drug-likeness (QED) is 0.410. The summed E-state index contributed by atoms with van der Waals surface area (Å²) in [4.78, 5) is 23.6. The van der Waals surface area contributed by atoms with Crippen molar-refractivity contribution >= 4 is 22.8 Å². The van der Waals surface area contributed by atoms with Crippen LogP contribution in [0.4, 0.5) is 19.1 Å². The molecule has 1 amide bonds. The molecule has 1 fully saturated rings. The fourth-order valence-corrected chi connectivity index (χ4v) is 4.81. The standard InChI is InChI=1S/C26H25F3N6O/c27-26(28,29)19-8-5-7-17(14-19)20-16-31-25(30)33-24(20)22-10-3-4-12-34(22)23(36)11-13-35-21-9-2-1-6-18(21)15-32-35/h1-2,5-9,14-16,22H,3-4,10-13H2,(H2,30,31,33)/t22-/m0/s1. The number of hydrogen-bond acceptors (Lipinski definition) is 5. The average molecular weight is 495 g/mol. The van der Waals surface area contributed by atoms with Gasteiger partial charge in [0.15, 0.2) is 0 Å². The summed E-state index contributed by atoms with van der Waals surface area (Å²) >= 11 is 0. The Labute approximate surface area is 205 Å². The first-order valence-electron chi connectivity index (χ1n) is 11.8. The zero-order valence-corrected chi connectivity index (χ0v) is 19.4. The molecule has 2 aromatic heterocycles. The lowest BCUT2D eigenvalue weighted by Gasteiger charge is -2.36. The summed E-state index contributed by atoms with van der Waals surface area (Å²) in [7, 11) is 0. The van der Waals surface area contributed by atoms with E-state index < -0.39 is 17.8 Å². The molecule has 1 saturated heterocycles. The minimum Gasteiger partial charge on any atom is -0.368 e. The summed E-state index contributed by atoms with van der Waals surface area (Å²) in [5, 5.41) is 5.40. The number of rotatable bonds is 5. The van der Waals surface area contributed by atoms with E-state index in [0.717, 1.165) is 35.9 Å². The van der Waals surface area contributed by atoms with Crippen molar-refractivity contribution in [3.63, 3.8) is 0 Å². The van der Waals surface area contributed by atoms with Gasteiger partial charge in [-0.3, -0.25) is 9.48 Å². The highest BCUT2D eigenvalue weighted by Gasteiger charge is 2.33. The summed E-state index contributed by atoms with van der Waals surface area (Å²) in [6.45, 7) is 0.956. The Morgan fingerprint density at radius 3 is 2.75 bits per heavy atom. The van der Waals surface area contributed by atoms with Crippen LogP contribution in [0.5, 0.6) is 0 Å². The lowest BCUT2D eigenvalue weighted by Crippen LogP contribution is -2.39. The van der Waals surface area contributed by atoms with Crippen LogP contribution in [0.15, 0.2) is 60.9 Å². The van der Waals surface area contributed by atoms with Crippen LogP contribution in [0, 0.1) is 0 Å². The average Bonchev–Trinajstić information content (AvgIpc) is 3.30. The third-order valence-electron chi connectivity index (χ3n) is 6.57. The number of nitrogens with zero attached hydrogens (tertiary/aromatic N) is 5. The summed E-state index contributed by atoms with van der Waals surface area (Å²) in [5.41, 5.74) is 7.34. The highest BCUT2D eigenvalue weighted by atomic mass is 19.4. The van der Waals surface area contributed by atoms with Gasteiger partial charge in [-0.25, -0.2) is 9.97 Å². The molecule has 5 rings (SSSR count). The second-order valence-corrected chi connectivity index (χ2v) is 8.88. The van der Waals surface area contributed by atoms with E-state index in [9.17, 15) is 18.0 Å². The second-order valence-electron chi connectivity index (χ2n) is 8.88. The number of anilines is 1. The van der Waals surface area contributed by atoms with Gasteiger partial charge in [0.1, 0.15) is 0 Å². The van der Waals surface area contributed by atoms with Crippen LogP contribution >= 0.6 is 0 Å². The lowest BCUT2D eigenvalue weighted by atomic mass is 9.93. The van der Waals surface area contributed by atoms with Crippen LogP contribution in [0.2, 0.25) is 0 Å². The maximum absolute atomic E-state index is 13.4. The van der Waals surface area contributed by atoms with E-state index in [4.69, 9.17) is 5.73 Å². The highest BCUT2D eigenvalue weighted by molar-refractivity contribution is 5.80. The molecule has 186 valence electrons. The van der Waals surface area contributed by atoms with Gasteiger partial charge in [-0.2, -0.15) is 18.3 Å². The van der Waals surface area contributed by atoms with Crippen LogP contribution in [-0.2, 0) is 17.5 Å². The first kappa shape index (κ1) is 23.8. The van der Waals surface area contributed by atoms with Crippen molar-refractivity contribution in [3.05, 3.63) is 72.2 Å². The molecule has 4 aromatic rings. The summed E-state index contributed by atoms with van der Waals surface area (Å²) in [6.07, 6.45) is 1.32. The van der Waals surface area contributed by atoms with E-state index in [2.05, 4.69) is 15.1 Å². The summed E-state index contributed by atoms with van der Waals surface area (Å²) in [6, 6.07) is 12.4.